The van der Waals surface area contributed by atoms with Gasteiger partial charge in [-0.15, -0.1) is 11.3 Å². The molecular weight excluding hydrogens is 216 g/mol. The molecule has 0 aliphatic carbocycles. The summed E-state index contributed by atoms with van der Waals surface area (Å²) in [6.45, 7) is 3.45. The number of hydrogen-bond donors (Lipinski definition) is 2. The van der Waals surface area contributed by atoms with E-state index in [9.17, 15) is 9.59 Å². The Morgan fingerprint density at radius 1 is 1.67 bits per heavy atom. The van der Waals surface area contributed by atoms with Gasteiger partial charge >= 0.3 is 5.97 Å². The van der Waals surface area contributed by atoms with Crippen LogP contribution in [-0.2, 0) is 4.79 Å². The number of aliphatic carboxylic acids is 1. The van der Waals surface area contributed by atoms with Gasteiger partial charge in [0.05, 0.1) is 11.4 Å². The minimum absolute atomic E-state index is 0.116. The van der Waals surface area contributed by atoms with Crippen LogP contribution >= 0.6 is 11.3 Å². The average Bonchev–Trinajstić information content (AvgIpc) is 2.60. The van der Waals surface area contributed by atoms with Crippen molar-refractivity contribution in [3.63, 3.8) is 0 Å². The molecule has 82 valence electrons. The number of nitrogens with one attached hydrogen (secondary N) is 1. The maximum absolute atomic E-state index is 11.5. The topological polar surface area (TPSA) is 79.3 Å². The molecule has 6 heteroatoms. The number of nitrogens with zero attached hydrogens (tertiary/aromatic N) is 1. The minimum Gasteiger partial charge on any atom is -0.481 e. The van der Waals surface area contributed by atoms with Gasteiger partial charge in [-0.05, 0) is 6.92 Å². The summed E-state index contributed by atoms with van der Waals surface area (Å²) in [7, 11) is 0. The Labute approximate surface area is 91.1 Å². The van der Waals surface area contributed by atoms with E-state index in [1.165, 1.54) is 18.3 Å². The van der Waals surface area contributed by atoms with E-state index in [2.05, 4.69) is 10.3 Å². The van der Waals surface area contributed by atoms with Gasteiger partial charge in [-0.1, -0.05) is 6.92 Å². The number of carbonyl (C=O) groups excluding carboxylic acids is 1. The summed E-state index contributed by atoms with van der Waals surface area (Å²) in [6, 6.07) is 0. The van der Waals surface area contributed by atoms with Crippen molar-refractivity contribution in [3.8, 4) is 0 Å². The van der Waals surface area contributed by atoms with Gasteiger partial charge < -0.3 is 10.4 Å². The van der Waals surface area contributed by atoms with E-state index in [0.717, 1.165) is 4.88 Å². The van der Waals surface area contributed by atoms with Crippen LogP contribution in [0.1, 0.15) is 22.3 Å². The smallest absolute Gasteiger partial charge is 0.308 e. The maximum atomic E-state index is 11.5. The van der Waals surface area contributed by atoms with Crippen LogP contribution in [0.25, 0.3) is 0 Å². The molecule has 0 saturated heterocycles. The first-order chi connectivity index (χ1) is 7.02. The number of rotatable bonds is 4. The number of hydrogen-bond acceptors (Lipinski definition) is 4. The number of amides is 1. The SMILES string of the molecule is Cc1scnc1C(=O)NCC(C)C(=O)O. The maximum Gasteiger partial charge on any atom is 0.308 e. The molecule has 0 bridgehead atoms. The quantitative estimate of drug-likeness (QED) is 0.802. The van der Waals surface area contributed by atoms with E-state index in [-0.39, 0.29) is 12.5 Å². The Hall–Kier alpha value is -1.43. The minimum atomic E-state index is -0.926. The van der Waals surface area contributed by atoms with Crippen LogP contribution in [0.3, 0.4) is 0 Å². The fourth-order valence-electron chi connectivity index (χ4n) is 0.940. The lowest BCUT2D eigenvalue weighted by molar-refractivity contribution is -0.140. The lowest BCUT2D eigenvalue weighted by atomic mass is 10.2. The van der Waals surface area contributed by atoms with Crippen molar-refractivity contribution in [2.75, 3.05) is 6.54 Å². The number of thiazole rings is 1. The predicted molar refractivity (Wildman–Crippen MR) is 56.0 cm³/mol. The summed E-state index contributed by atoms with van der Waals surface area (Å²) < 4.78 is 0. The van der Waals surface area contributed by atoms with E-state index >= 15 is 0 Å². The van der Waals surface area contributed by atoms with Crippen LogP contribution in [0.15, 0.2) is 5.51 Å². The third kappa shape index (κ3) is 3.02. The zero-order valence-electron chi connectivity index (χ0n) is 8.48. The van der Waals surface area contributed by atoms with Crippen LogP contribution in [0.2, 0.25) is 0 Å². The highest BCUT2D eigenvalue weighted by Gasteiger charge is 2.15. The number of aromatic nitrogens is 1. The second kappa shape index (κ2) is 4.88. The van der Waals surface area contributed by atoms with Gasteiger partial charge in [0.25, 0.3) is 5.91 Å². The molecule has 0 saturated carbocycles. The molecular formula is C9H12N2O3S. The van der Waals surface area contributed by atoms with Crippen LogP contribution in [-0.4, -0.2) is 28.5 Å². The van der Waals surface area contributed by atoms with Gasteiger partial charge in [0.2, 0.25) is 0 Å². The number of carbonyl (C=O) groups is 2. The zero-order valence-corrected chi connectivity index (χ0v) is 9.30. The van der Waals surface area contributed by atoms with Crippen molar-refractivity contribution in [1.82, 2.24) is 10.3 Å². The van der Waals surface area contributed by atoms with E-state index in [4.69, 9.17) is 5.11 Å². The van der Waals surface area contributed by atoms with E-state index < -0.39 is 11.9 Å². The molecule has 1 heterocycles. The second-order valence-corrected chi connectivity index (χ2v) is 4.27. The average molecular weight is 228 g/mol. The van der Waals surface area contributed by atoms with Gasteiger partial charge in [0, 0.05) is 11.4 Å². The third-order valence-electron chi connectivity index (χ3n) is 1.95. The highest BCUT2D eigenvalue weighted by molar-refractivity contribution is 7.09. The molecule has 0 aliphatic rings. The lowest BCUT2D eigenvalue weighted by Gasteiger charge is -2.07. The van der Waals surface area contributed by atoms with Gasteiger partial charge in [-0.2, -0.15) is 0 Å². The lowest BCUT2D eigenvalue weighted by Crippen LogP contribution is -2.31. The first kappa shape index (κ1) is 11.6. The highest BCUT2D eigenvalue weighted by Crippen LogP contribution is 2.10. The van der Waals surface area contributed by atoms with Crippen molar-refractivity contribution in [2.24, 2.45) is 5.92 Å². The van der Waals surface area contributed by atoms with Crippen LogP contribution in [0.4, 0.5) is 0 Å². The molecule has 5 nitrogen and oxygen atoms in total. The molecule has 2 N–H and O–H groups in total. The zero-order chi connectivity index (χ0) is 11.4. The molecule has 1 aromatic heterocycles. The number of aryl methyl sites for hydroxylation is 1. The number of carboxylic acid groups (broad SMARTS) is 1. The Kier molecular flexibility index (Phi) is 3.79. The highest BCUT2D eigenvalue weighted by atomic mass is 32.1. The Balaban J connectivity index is 2.51. The molecule has 0 radical (unpaired) electrons. The molecule has 1 rings (SSSR count). The van der Waals surface area contributed by atoms with Crippen LogP contribution < -0.4 is 5.32 Å². The molecule has 0 spiro atoms. The summed E-state index contributed by atoms with van der Waals surface area (Å²) in [6.07, 6.45) is 0. The third-order valence-corrected chi connectivity index (χ3v) is 2.71. The molecule has 1 aromatic rings. The van der Waals surface area contributed by atoms with Gasteiger partial charge in [-0.25, -0.2) is 4.98 Å². The summed E-state index contributed by atoms with van der Waals surface area (Å²) in [4.78, 5) is 26.7. The molecule has 1 unspecified atom stereocenters. The normalized spacial score (nSPS) is 12.1. The predicted octanol–water partition coefficient (Wildman–Crippen LogP) is 0.902. The molecule has 0 aliphatic heterocycles. The van der Waals surface area contributed by atoms with Crippen molar-refractivity contribution in [3.05, 3.63) is 16.1 Å². The molecule has 0 aromatic carbocycles. The van der Waals surface area contributed by atoms with Crippen molar-refractivity contribution < 1.29 is 14.7 Å². The van der Waals surface area contributed by atoms with E-state index in [1.54, 1.807) is 12.4 Å². The first-order valence-electron chi connectivity index (χ1n) is 4.43. The molecule has 1 amide bonds. The monoisotopic (exact) mass is 228 g/mol. The summed E-state index contributed by atoms with van der Waals surface area (Å²) >= 11 is 1.39. The van der Waals surface area contributed by atoms with Crippen molar-refractivity contribution in [1.29, 1.82) is 0 Å². The van der Waals surface area contributed by atoms with E-state index in [0.29, 0.717) is 5.69 Å². The fraction of sp³-hybridized carbons (Fsp3) is 0.444. The second-order valence-electron chi connectivity index (χ2n) is 3.21. The Morgan fingerprint density at radius 2 is 2.33 bits per heavy atom. The van der Waals surface area contributed by atoms with Crippen molar-refractivity contribution >= 4 is 23.2 Å². The first-order valence-corrected chi connectivity index (χ1v) is 5.31. The molecule has 1 atom stereocenters. The van der Waals surface area contributed by atoms with Crippen LogP contribution in [0.5, 0.6) is 0 Å². The Morgan fingerprint density at radius 3 is 2.80 bits per heavy atom. The molecule has 0 fully saturated rings. The molecule has 15 heavy (non-hydrogen) atoms. The standard InChI is InChI=1S/C9H12N2O3S/c1-5(9(13)14)3-10-8(12)7-6(2)15-4-11-7/h4-5H,3H2,1-2H3,(H,10,12)(H,13,14). The summed E-state index contributed by atoms with van der Waals surface area (Å²) in [5.41, 5.74) is 1.96. The number of carboxylic acids is 1. The van der Waals surface area contributed by atoms with Gasteiger partial charge in [-0.3, -0.25) is 9.59 Å². The van der Waals surface area contributed by atoms with E-state index in [1.807, 2.05) is 0 Å². The van der Waals surface area contributed by atoms with Crippen molar-refractivity contribution in [2.45, 2.75) is 13.8 Å². The largest absolute Gasteiger partial charge is 0.481 e. The van der Waals surface area contributed by atoms with Gasteiger partial charge in [0.1, 0.15) is 5.69 Å². The Bertz CT molecular complexity index is 375. The van der Waals surface area contributed by atoms with Gasteiger partial charge in [0.15, 0.2) is 0 Å². The summed E-state index contributed by atoms with van der Waals surface area (Å²) in [5.74, 6) is -1.83. The fourth-order valence-corrected chi connectivity index (χ4v) is 1.51. The summed E-state index contributed by atoms with van der Waals surface area (Å²) in [5, 5.41) is 11.1. The van der Waals surface area contributed by atoms with Crippen LogP contribution in [0, 0.1) is 12.8 Å².